The molecule has 5 heteroatoms. The molecular formula is C10H20N2O2S. The van der Waals surface area contributed by atoms with E-state index in [0.29, 0.717) is 19.1 Å². The first-order valence-electron chi connectivity index (χ1n) is 5.21. The number of nitrogens with zero attached hydrogens (tertiary/aromatic N) is 1. The van der Waals surface area contributed by atoms with E-state index >= 15 is 0 Å². The van der Waals surface area contributed by atoms with E-state index in [4.69, 9.17) is 10.5 Å². The minimum atomic E-state index is -0.430. The summed E-state index contributed by atoms with van der Waals surface area (Å²) >= 11 is 1.84. The summed E-state index contributed by atoms with van der Waals surface area (Å²) in [6.07, 6.45) is -0.238. The Morgan fingerprint density at radius 3 is 2.47 bits per heavy atom. The van der Waals surface area contributed by atoms with Crippen molar-refractivity contribution in [2.75, 3.05) is 24.6 Å². The van der Waals surface area contributed by atoms with Gasteiger partial charge in [0.05, 0.1) is 6.04 Å². The molecule has 0 atom stereocenters. The Morgan fingerprint density at radius 1 is 1.53 bits per heavy atom. The minimum absolute atomic E-state index is 0.238. The molecule has 2 N–H and O–H groups in total. The van der Waals surface area contributed by atoms with Gasteiger partial charge in [-0.1, -0.05) is 0 Å². The van der Waals surface area contributed by atoms with E-state index < -0.39 is 5.60 Å². The number of ether oxygens (including phenoxy) is 1. The van der Waals surface area contributed by atoms with E-state index in [1.54, 1.807) is 4.90 Å². The molecule has 0 aromatic rings. The van der Waals surface area contributed by atoms with Crippen LogP contribution in [0.5, 0.6) is 0 Å². The lowest BCUT2D eigenvalue weighted by molar-refractivity contribution is 0.0197. The number of rotatable bonds is 3. The molecule has 0 saturated carbocycles. The summed E-state index contributed by atoms with van der Waals surface area (Å²) in [4.78, 5) is 13.6. The Bertz CT molecular complexity index is 224. The van der Waals surface area contributed by atoms with Crippen LogP contribution in [0.4, 0.5) is 4.79 Å². The van der Waals surface area contributed by atoms with E-state index in [-0.39, 0.29) is 6.09 Å². The zero-order chi connectivity index (χ0) is 11.5. The van der Waals surface area contributed by atoms with Gasteiger partial charge in [-0.2, -0.15) is 11.8 Å². The van der Waals surface area contributed by atoms with Gasteiger partial charge < -0.3 is 15.4 Å². The summed E-state index contributed by atoms with van der Waals surface area (Å²) in [7, 11) is 0. The zero-order valence-electron chi connectivity index (χ0n) is 9.66. The van der Waals surface area contributed by atoms with Crippen molar-refractivity contribution in [1.29, 1.82) is 0 Å². The van der Waals surface area contributed by atoms with Gasteiger partial charge in [0.25, 0.3) is 0 Å². The molecule has 0 aromatic carbocycles. The third-order valence-electron chi connectivity index (χ3n) is 2.06. The summed E-state index contributed by atoms with van der Waals surface area (Å²) in [5, 5.41) is 0. The van der Waals surface area contributed by atoms with E-state index in [2.05, 4.69) is 0 Å². The summed E-state index contributed by atoms with van der Waals surface area (Å²) in [6, 6.07) is 0.313. The standard InChI is InChI=1S/C10H20N2O2S/c1-10(2,3)14-9(13)12(5-4-11)8-6-15-7-8/h8H,4-7,11H2,1-3H3. The molecule has 15 heavy (non-hydrogen) atoms. The van der Waals surface area contributed by atoms with Crippen LogP contribution in [0.3, 0.4) is 0 Å². The van der Waals surface area contributed by atoms with Crippen molar-refractivity contribution in [3.05, 3.63) is 0 Å². The Balaban J connectivity index is 2.50. The molecule has 1 fully saturated rings. The molecular weight excluding hydrogens is 212 g/mol. The number of thioether (sulfide) groups is 1. The maximum absolute atomic E-state index is 11.8. The van der Waals surface area contributed by atoms with E-state index in [1.165, 1.54) is 0 Å². The second kappa shape index (κ2) is 5.07. The maximum Gasteiger partial charge on any atom is 0.410 e. The SMILES string of the molecule is CC(C)(C)OC(=O)N(CCN)C1CSC1. The topological polar surface area (TPSA) is 55.6 Å². The fourth-order valence-electron chi connectivity index (χ4n) is 1.29. The van der Waals surface area contributed by atoms with Gasteiger partial charge in [-0.05, 0) is 20.8 Å². The minimum Gasteiger partial charge on any atom is -0.444 e. The van der Waals surface area contributed by atoms with Gasteiger partial charge in [-0.25, -0.2) is 4.79 Å². The van der Waals surface area contributed by atoms with Crippen LogP contribution in [-0.2, 0) is 4.74 Å². The van der Waals surface area contributed by atoms with Crippen LogP contribution in [0.1, 0.15) is 20.8 Å². The predicted octanol–water partition coefficient (Wildman–Crippen LogP) is 1.30. The summed E-state index contributed by atoms with van der Waals surface area (Å²) in [5.74, 6) is 2.00. The summed E-state index contributed by atoms with van der Waals surface area (Å²) in [5.41, 5.74) is 5.06. The zero-order valence-corrected chi connectivity index (χ0v) is 10.5. The molecule has 1 rings (SSSR count). The lowest BCUT2D eigenvalue weighted by Crippen LogP contribution is -2.51. The van der Waals surface area contributed by atoms with Crippen molar-refractivity contribution in [1.82, 2.24) is 4.90 Å². The molecule has 1 aliphatic heterocycles. The Morgan fingerprint density at radius 2 is 2.13 bits per heavy atom. The van der Waals surface area contributed by atoms with Crippen molar-refractivity contribution < 1.29 is 9.53 Å². The number of amides is 1. The Hall–Kier alpha value is -0.420. The average Bonchev–Trinajstić information content (AvgIpc) is 1.96. The van der Waals surface area contributed by atoms with Crippen molar-refractivity contribution in [3.63, 3.8) is 0 Å². The first kappa shape index (κ1) is 12.6. The summed E-state index contributed by atoms with van der Waals surface area (Å²) in [6.45, 7) is 6.70. The van der Waals surface area contributed by atoms with Gasteiger partial charge in [0.15, 0.2) is 0 Å². The molecule has 0 spiro atoms. The van der Waals surface area contributed by atoms with Gasteiger partial charge >= 0.3 is 6.09 Å². The Kier molecular flexibility index (Phi) is 4.28. The highest BCUT2D eigenvalue weighted by atomic mass is 32.2. The lowest BCUT2D eigenvalue weighted by Gasteiger charge is -2.37. The van der Waals surface area contributed by atoms with Gasteiger partial charge in [0.2, 0.25) is 0 Å². The van der Waals surface area contributed by atoms with Crippen molar-refractivity contribution in [2.45, 2.75) is 32.4 Å². The highest BCUT2D eigenvalue weighted by molar-refractivity contribution is 8.00. The highest BCUT2D eigenvalue weighted by Gasteiger charge is 2.31. The van der Waals surface area contributed by atoms with Crippen molar-refractivity contribution >= 4 is 17.9 Å². The predicted molar refractivity (Wildman–Crippen MR) is 63.1 cm³/mol. The van der Waals surface area contributed by atoms with Crippen LogP contribution in [0.25, 0.3) is 0 Å². The van der Waals surface area contributed by atoms with Gasteiger partial charge in [-0.3, -0.25) is 0 Å². The summed E-state index contributed by atoms with van der Waals surface area (Å²) < 4.78 is 5.33. The quantitative estimate of drug-likeness (QED) is 0.797. The number of nitrogens with two attached hydrogens (primary N) is 1. The molecule has 0 radical (unpaired) electrons. The number of carbonyl (C=O) groups excluding carboxylic acids is 1. The van der Waals surface area contributed by atoms with Gasteiger partial charge in [0.1, 0.15) is 5.60 Å². The van der Waals surface area contributed by atoms with E-state index in [0.717, 1.165) is 11.5 Å². The molecule has 4 nitrogen and oxygen atoms in total. The molecule has 1 amide bonds. The van der Waals surface area contributed by atoms with Gasteiger partial charge in [0, 0.05) is 24.6 Å². The number of hydrogen-bond acceptors (Lipinski definition) is 4. The van der Waals surface area contributed by atoms with Crippen molar-refractivity contribution in [3.8, 4) is 0 Å². The maximum atomic E-state index is 11.8. The highest BCUT2D eigenvalue weighted by Crippen LogP contribution is 2.24. The second-order valence-electron chi connectivity index (χ2n) is 4.65. The normalized spacial score (nSPS) is 17.1. The Labute approximate surface area is 95.5 Å². The molecule has 1 saturated heterocycles. The van der Waals surface area contributed by atoms with Crippen LogP contribution in [0.15, 0.2) is 0 Å². The smallest absolute Gasteiger partial charge is 0.410 e. The molecule has 0 unspecified atom stereocenters. The first-order chi connectivity index (χ1) is 6.94. The molecule has 0 aliphatic carbocycles. The third-order valence-corrected chi connectivity index (χ3v) is 3.30. The molecule has 0 aromatic heterocycles. The average molecular weight is 232 g/mol. The van der Waals surface area contributed by atoms with Crippen LogP contribution < -0.4 is 5.73 Å². The fourth-order valence-corrected chi connectivity index (χ4v) is 2.09. The lowest BCUT2D eigenvalue weighted by atomic mass is 10.2. The fraction of sp³-hybridized carbons (Fsp3) is 0.900. The third kappa shape index (κ3) is 3.91. The number of hydrogen-bond donors (Lipinski definition) is 1. The van der Waals surface area contributed by atoms with Crippen LogP contribution >= 0.6 is 11.8 Å². The van der Waals surface area contributed by atoms with Crippen molar-refractivity contribution in [2.24, 2.45) is 5.73 Å². The molecule has 1 heterocycles. The second-order valence-corrected chi connectivity index (χ2v) is 5.73. The van der Waals surface area contributed by atoms with Crippen LogP contribution in [0, 0.1) is 0 Å². The molecule has 88 valence electrons. The van der Waals surface area contributed by atoms with Crippen LogP contribution in [-0.4, -0.2) is 47.2 Å². The largest absolute Gasteiger partial charge is 0.444 e. The molecule has 0 bridgehead atoms. The van der Waals surface area contributed by atoms with Gasteiger partial charge in [-0.15, -0.1) is 0 Å². The molecule has 1 aliphatic rings. The monoisotopic (exact) mass is 232 g/mol. The van der Waals surface area contributed by atoms with E-state index in [9.17, 15) is 4.79 Å². The number of carbonyl (C=O) groups is 1. The first-order valence-corrected chi connectivity index (χ1v) is 6.37. The van der Waals surface area contributed by atoms with Crippen LogP contribution in [0.2, 0.25) is 0 Å². The van der Waals surface area contributed by atoms with E-state index in [1.807, 2.05) is 32.5 Å².